The largest absolute Gasteiger partial charge is 0.496 e. The third-order valence-corrected chi connectivity index (χ3v) is 6.62. The van der Waals surface area contributed by atoms with Crippen molar-refractivity contribution in [2.45, 2.75) is 37.9 Å². The average Bonchev–Trinajstić information content (AvgIpc) is 3.28. The van der Waals surface area contributed by atoms with Crippen LogP contribution in [0.2, 0.25) is 0 Å². The zero-order valence-corrected chi connectivity index (χ0v) is 18.1. The first kappa shape index (κ1) is 20.6. The van der Waals surface area contributed by atoms with Crippen molar-refractivity contribution in [1.82, 2.24) is 9.88 Å². The van der Waals surface area contributed by atoms with E-state index in [2.05, 4.69) is 22.4 Å². The molecule has 1 aromatic heterocycles. The zero-order chi connectivity index (χ0) is 20.9. The number of thiazole rings is 1. The topological polar surface area (TPSA) is 51.7 Å². The fourth-order valence-corrected chi connectivity index (χ4v) is 5.07. The van der Waals surface area contributed by atoms with E-state index in [1.165, 1.54) is 0 Å². The number of likely N-dealkylation sites (tertiary alicyclic amines) is 1. The van der Waals surface area contributed by atoms with Gasteiger partial charge in [-0.25, -0.2) is 4.98 Å². The van der Waals surface area contributed by atoms with Crippen molar-refractivity contribution in [2.24, 2.45) is 0 Å². The number of nitrogens with zero attached hydrogens (tertiary/aromatic N) is 2. The number of ether oxygens (including phenoxy) is 2. The molecule has 0 amide bonds. The van der Waals surface area contributed by atoms with Crippen LogP contribution in [0.15, 0.2) is 53.9 Å². The Labute approximate surface area is 181 Å². The number of piperidine rings is 1. The second-order valence-electron chi connectivity index (χ2n) is 7.41. The van der Waals surface area contributed by atoms with Crippen molar-refractivity contribution in [3.63, 3.8) is 0 Å². The lowest BCUT2D eigenvalue weighted by Gasteiger charge is -2.40. The van der Waals surface area contributed by atoms with E-state index in [1.54, 1.807) is 25.6 Å². The van der Waals surface area contributed by atoms with Gasteiger partial charge in [-0.3, -0.25) is 4.90 Å². The molecule has 1 fully saturated rings. The molecule has 0 aliphatic carbocycles. The molecule has 156 valence electrons. The number of carbonyl (C=O) groups excluding carboxylic acids is 1. The number of aromatic nitrogens is 1. The maximum atomic E-state index is 12.0. The summed E-state index contributed by atoms with van der Waals surface area (Å²) in [5.41, 5.74) is 3.10. The van der Waals surface area contributed by atoms with Crippen LogP contribution in [0.3, 0.4) is 0 Å². The second kappa shape index (κ2) is 9.41. The second-order valence-corrected chi connectivity index (χ2v) is 8.27. The molecule has 1 aliphatic heterocycles. The van der Waals surface area contributed by atoms with Gasteiger partial charge in [0.1, 0.15) is 22.8 Å². The van der Waals surface area contributed by atoms with E-state index in [0.717, 1.165) is 58.9 Å². The maximum absolute atomic E-state index is 12.0. The lowest BCUT2D eigenvalue weighted by Crippen LogP contribution is -2.42. The molecule has 0 spiro atoms. The molecule has 2 unspecified atom stereocenters. The summed E-state index contributed by atoms with van der Waals surface area (Å²) in [6.07, 6.45) is 3.85. The van der Waals surface area contributed by atoms with Crippen molar-refractivity contribution in [3.05, 3.63) is 65.2 Å². The molecular weight excluding hydrogens is 396 g/mol. The summed E-state index contributed by atoms with van der Waals surface area (Å²) in [6.45, 7) is 0.610. The van der Waals surface area contributed by atoms with Gasteiger partial charge in [-0.05, 0) is 31.4 Å². The fraction of sp³-hybridized carbons (Fsp3) is 0.333. The first-order chi connectivity index (χ1) is 14.7. The van der Waals surface area contributed by atoms with Gasteiger partial charge >= 0.3 is 0 Å². The van der Waals surface area contributed by atoms with Crippen LogP contribution in [0.5, 0.6) is 11.5 Å². The van der Waals surface area contributed by atoms with E-state index in [4.69, 9.17) is 14.5 Å². The minimum atomic E-state index is -0.153. The number of benzene rings is 2. The molecule has 30 heavy (non-hydrogen) atoms. The van der Waals surface area contributed by atoms with Gasteiger partial charge in [0, 0.05) is 23.5 Å². The quantitative estimate of drug-likeness (QED) is 0.495. The van der Waals surface area contributed by atoms with Crippen molar-refractivity contribution in [2.75, 3.05) is 14.2 Å². The van der Waals surface area contributed by atoms with Crippen molar-refractivity contribution in [1.29, 1.82) is 0 Å². The molecule has 2 aromatic carbocycles. The number of hydrogen-bond acceptors (Lipinski definition) is 6. The summed E-state index contributed by atoms with van der Waals surface area (Å²) in [4.78, 5) is 19.1. The minimum absolute atomic E-state index is 0.0296. The zero-order valence-electron chi connectivity index (χ0n) is 17.3. The molecule has 5 nitrogen and oxygen atoms in total. The average molecular weight is 423 g/mol. The van der Waals surface area contributed by atoms with E-state index in [1.807, 2.05) is 36.4 Å². The monoisotopic (exact) mass is 422 g/mol. The first-order valence-corrected chi connectivity index (χ1v) is 11.0. The van der Waals surface area contributed by atoms with Gasteiger partial charge in [0.15, 0.2) is 0 Å². The number of hydrogen-bond donors (Lipinski definition) is 0. The number of methoxy groups -OCH3 is 2. The predicted molar refractivity (Wildman–Crippen MR) is 119 cm³/mol. The summed E-state index contributed by atoms with van der Waals surface area (Å²) < 4.78 is 11.3. The van der Waals surface area contributed by atoms with E-state index in [9.17, 15) is 4.79 Å². The molecule has 0 N–H and O–H groups in total. The van der Waals surface area contributed by atoms with Gasteiger partial charge < -0.3 is 14.3 Å². The standard InChI is InChI=1S/C24H26N2O3S/c1-28-21-12-7-13-22(29-2)23(21)20-11-6-10-19(15-27)26(20)14-18-16-30-24(25-18)17-8-4-3-5-9-17/h3-5,7-9,12-13,15-16,19-20H,6,10-11,14H2,1-2H3. The van der Waals surface area contributed by atoms with Crippen molar-refractivity contribution in [3.8, 4) is 22.1 Å². The highest BCUT2D eigenvalue weighted by Crippen LogP contribution is 2.43. The number of aldehydes is 1. The van der Waals surface area contributed by atoms with E-state index in [0.29, 0.717) is 6.54 Å². The van der Waals surface area contributed by atoms with Gasteiger partial charge in [-0.1, -0.05) is 36.4 Å². The Bertz CT molecular complexity index is 967. The van der Waals surface area contributed by atoms with E-state index >= 15 is 0 Å². The smallest absolute Gasteiger partial charge is 0.137 e. The van der Waals surface area contributed by atoms with Crippen LogP contribution >= 0.6 is 11.3 Å². The summed E-state index contributed by atoms with van der Waals surface area (Å²) >= 11 is 1.64. The van der Waals surface area contributed by atoms with Gasteiger partial charge in [0.2, 0.25) is 0 Å². The Hall–Kier alpha value is -2.70. The predicted octanol–water partition coefficient (Wildman–Crippen LogP) is 5.12. The van der Waals surface area contributed by atoms with Crippen molar-refractivity contribution < 1.29 is 14.3 Å². The highest BCUT2D eigenvalue weighted by Gasteiger charge is 2.35. The molecule has 6 heteroatoms. The van der Waals surface area contributed by atoms with E-state index in [-0.39, 0.29) is 12.1 Å². The summed E-state index contributed by atoms with van der Waals surface area (Å²) in [7, 11) is 3.35. The fourth-order valence-electron chi connectivity index (χ4n) is 4.26. The maximum Gasteiger partial charge on any atom is 0.137 e. The molecule has 2 heterocycles. The van der Waals surface area contributed by atoms with Gasteiger partial charge in [0.25, 0.3) is 0 Å². The van der Waals surface area contributed by atoms with Crippen LogP contribution in [0.1, 0.15) is 36.6 Å². The minimum Gasteiger partial charge on any atom is -0.496 e. The molecule has 1 aliphatic rings. The van der Waals surface area contributed by atoms with Crippen LogP contribution < -0.4 is 9.47 Å². The molecule has 0 radical (unpaired) electrons. The molecule has 0 bridgehead atoms. The van der Waals surface area contributed by atoms with Crippen molar-refractivity contribution >= 4 is 17.6 Å². The molecule has 4 rings (SSSR count). The molecule has 1 saturated heterocycles. The van der Waals surface area contributed by atoms with Gasteiger partial charge in [0.05, 0.1) is 31.5 Å². The van der Waals surface area contributed by atoms with Crippen LogP contribution in [0.25, 0.3) is 10.6 Å². The summed E-state index contributed by atoms with van der Waals surface area (Å²) in [5, 5.41) is 3.09. The Balaban J connectivity index is 1.67. The Morgan fingerprint density at radius 1 is 1.07 bits per heavy atom. The SMILES string of the molecule is COc1cccc(OC)c1C1CCCC(C=O)N1Cc1csc(-c2ccccc2)n1. The lowest BCUT2D eigenvalue weighted by atomic mass is 9.90. The highest BCUT2D eigenvalue weighted by atomic mass is 32.1. The molecule has 3 aromatic rings. The Morgan fingerprint density at radius 2 is 1.80 bits per heavy atom. The Kier molecular flexibility index (Phi) is 6.45. The van der Waals surface area contributed by atoms with Crippen LogP contribution in [0.4, 0.5) is 0 Å². The van der Waals surface area contributed by atoms with Crippen LogP contribution in [-0.2, 0) is 11.3 Å². The summed E-state index contributed by atoms with van der Waals surface area (Å²) in [6, 6.07) is 15.9. The Morgan fingerprint density at radius 3 is 2.47 bits per heavy atom. The lowest BCUT2D eigenvalue weighted by molar-refractivity contribution is -0.115. The third-order valence-electron chi connectivity index (χ3n) is 5.68. The van der Waals surface area contributed by atoms with Crippen LogP contribution in [0, 0.1) is 0 Å². The number of rotatable bonds is 7. The van der Waals surface area contributed by atoms with Gasteiger partial charge in [-0.2, -0.15) is 0 Å². The third kappa shape index (κ3) is 4.11. The molecule has 2 atom stereocenters. The van der Waals surface area contributed by atoms with Crippen LogP contribution in [-0.4, -0.2) is 36.4 Å². The van der Waals surface area contributed by atoms with E-state index < -0.39 is 0 Å². The number of carbonyl (C=O) groups is 1. The normalized spacial score (nSPS) is 19.4. The first-order valence-electron chi connectivity index (χ1n) is 10.2. The highest BCUT2D eigenvalue weighted by molar-refractivity contribution is 7.13. The molecule has 0 saturated carbocycles. The van der Waals surface area contributed by atoms with Gasteiger partial charge in [-0.15, -0.1) is 11.3 Å². The summed E-state index contributed by atoms with van der Waals surface area (Å²) in [5.74, 6) is 1.58. The molecular formula is C24H26N2O3S.